The summed E-state index contributed by atoms with van der Waals surface area (Å²) in [5, 5.41) is 22.7. The van der Waals surface area contributed by atoms with Gasteiger partial charge in [0.25, 0.3) is 5.56 Å². The Morgan fingerprint density at radius 2 is 2.03 bits per heavy atom. The molecule has 2 atom stereocenters. The highest BCUT2D eigenvalue weighted by Gasteiger charge is 2.46. The third-order valence-electron chi connectivity index (χ3n) is 5.63. The van der Waals surface area contributed by atoms with Gasteiger partial charge in [0.1, 0.15) is 23.4 Å². The van der Waals surface area contributed by atoms with Crippen molar-refractivity contribution in [3.05, 3.63) is 57.8 Å². The Bertz CT molecular complexity index is 1090. The number of carboxylic acid groups (broad SMARTS) is 1. The number of aromatic nitrogens is 2. The minimum atomic E-state index is -1.02. The molecule has 0 bridgehead atoms. The van der Waals surface area contributed by atoms with Crippen LogP contribution in [0.2, 0.25) is 0 Å². The standard InChI is InChI=1S/C22H28N6O4/c1-3-8-25-15-12-27-21-22(2,10-17(29)30)9-16(28(21)20(15)32)19(31)26-11-13-4-6-14(7-5-13)18(23)24/h4-7,12,16,25H,3,8-11H2,1-2H3,(H3,23,24)(H,26,31)(H,29,30)/t16-,22-/m1/s1. The molecule has 0 aliphatic carbocycles. The van der Waals surface area contributed by atoms with E-state index in [2.05, 4.69) is 15.6 Å². The first-order valence-electron chi connectivity index (χ1n) is 10.4. The monoisotopic (exact) mass is 440 g/mol. The van der Waals surface area contributed by atoms with Crippen molar-refractivity contribution in [3.63, 3.8) is 0 Å². The second kappa shape index (κ2) is 9.21. The number of nitrogens with zero attached hydrogens (tertiary/aromatic N) is 2. The summed E-state index contributed by atoms with van der Waals surface area (Å²) < 4.78 is 1.33. The van der Waals surface area contributed by atoms with Crippen molar-refractivity contribution in [2.24, 2.45) is 5.73 Å². The summed E-state index contributed by atoms with van der Waals surface area (Å²) in [6.07, 6.45) is 2.15. The van der Waals surface area contributed by atoms with Crippen LogP contribution in [0.5, 0.6) is 0 Å². The van der Waals surface area contributed by atoms with E-state index in [1.807, 2.05) is 6.92 Å². The lowest BCUT2D eigenvalue weighted by molar-refractivity contribution is -0.138. The Balaban J connectivity index is 1.87. The van der Waals surface area contributed by atoms with E-state index in [9.17, 15) is 19.5 Å². The number of amidine groups is 1. The maximum atomic E-state index is 13.1. The number of benzene rings is 1. The van der Waals surface area contributed by atoms with Crippen LogP contribution >= 0.6 is 0 Å². The molecule has 2 heterocycles. The van der Waals surface area contributed by atoms with Gasteiger partial charge < -0.3 is 21.5 Å². The molecule has 10 heteroatoms. The molecule has 0 saturated carbocycles. The first-order chi connectivity index (χ1) is 15.2. The highest BCUT2D eigenvalue weighted by molar-refractivity contribution is 5.94. The first-order valence-corrected chi connectivity index (χ1v) is 10.4. The van der Waals surface area contributed by atoms with E-state index < -0.39 is 17.4 Å². The number of aliphatic carboxylic acids is 1. The molecule has 0 unspecified atom stereocenters. The van der Waals surface area contributed by atoms with Crippen LogP contribution in [-0.2, 0) is 21.5 Å². The number of amides is 1. The van der Waals surface area contributed by atoms with Gasteiger partial charge in [0, 0.05) is 24.1 Å². The van der Waals surface area contributed by atoms with Crippen molar-refractivity contribution in [2.75, 3.05) is 11.9 Å². The zero-order valence-corrected chi connectivity index (χ0v) is 18.1. The van der Waals surface area contributed by atoms with E-state index in [-0.39, 0.29) is 42.4 Å². The lowest BCUT2D eigenvalue weighted by Gasteiger charge is -2.20. The molecule has 0 spiro atoms. The molecule has 0 fully saturated rings. The van der Waals surface area contributed by atoms with Crippen LogP contribution in [0.15, 0.2) is 35.3 Å². The number of nitrogens with one attached hydrogen (secondary N) is 3. The largest absolute Gasteiger partial charge is 0.481 e. The number of carbonyl (C=O) groups is 2. The van der Waals surface area contributed by atoms with Crippen molar-refractivity contribution in [1.82, 2.24) is 14.9 Å². The summed E-state index contributed by atoms with van der Waals surface area (Å²) in [5.74, 6) is -1.14. The molecule has 2 aromatic rings. The fourth-order valence-corrected chi connectivity index (χ4v) is 4.00. The van der Waals surface area contributed by atoms with Gasteiger partial charge in [-0.15, -0.1) is 0 Å². The van der Waals surface area contributed by atoms with Crippen molar-refractivity contribution >= 4 is 23.4 Å². The van der Waals surface area contributed by atoms with E-state index in [1.54, 1.807) is 31.2 Å². The van der Waals surface area contributed by atoms with Crippen molar-refractivity contribution in [3.8, 4) is 0 Å². The number of carbonyl (C=O) groups excluding carboxylic acids is 1. The second-order valence-electron chi connectivity index (χ2n) is 8.28. The molecule has 32 heavy (non-hydrogen) atoms. The van der Waals surface area contributed by atoms with E-state index >= 15 is 0 Å². The first kappa shape index (κ1) is 23.0. The molecule has 1 aliphatic rings. The van der Waals surface area contributed by atoms with Gasteiger partial charge in [0.2, 0.25) is 5.91 Å². The fourth-order valence-electron chi connectivity index (χ4n) is 4.00. The molecule has 0 saturated heterocycles. The van der Waals surface area contributed by atoms with Crippen LogP contribution in [-0.4, -0.2) is 38.9 Å². The molecule has 10 nitrogen and oxygen atoms in total. The normalized spacial score (nSPS) is 19.2. The van der Waals surface area contributed by atoms with Crippen molar-refractivity contribution < 1.29 is 14.7 Å². The van der Waals surface area contributed by atoms with Gasteiger partial charge in [-0.1, -0.05) is 38.1 Å². The van der Waals surface area contributed by atoms with E-state index in [0.717, 1.165) is 12.0 Å². The van der Waals surface area contributed by atoms with Crippen LogP contribution in [0, 0.1) is 5.41 Å². The van der Waals surface area contributed by atoms with Gasteiger partial charge >= 0.3 is 5.97 Å². The SMILES string of the molecule is CCCNc1cnc2n(c1=O)[C@@H](C(=O)NCc1ccc(C(=N)N)cc1)C[C@]2(C)CC(=O)O. The number of rotatable bonds is 9. The van der Waals surface area contributed by atoms with E-state index in [1.165, 1.54) is 10.8 Å². The Labute approximate surface area is 185 Å². The minimum absolute atomic E-state index is 0.0415. The Hall–Kier alpha value is -3.69. The van der Waals surface area contributed by atoms with Gasteiger partial charge in [0.05, 0.1) is 12.6 Å². The number of carboxylic acids is 1. The highest BCUT2D eigenvalue weighted by Crippen LogP contribution is 2.41. The van der Waals surface area contributed by atoms with Crippen molar-refractivity contribution in [2.45, 2.75) is 51.1 Å². The number of fused-ring (bicyclic) bond motifs is 1. The second-order valence-corrected chi connectivity index (χ2v) is 8.28. The smallest absolute Gasteiger partial charge is 0.304 e. The third kappa shape index (κ3) is 4.63. The summed E-state index contributed by atoms with van der Waals surface area (Å²) in [4.78, 5) is 42.1. The predicted molar refractivity (Wildman–Crippen MR) is 120 cm³/mol. The molecular weight excluding hydrogens is 412 g/mol. The number of hydrogen-bond donors (Lipinski definition) is 5. The average molecular weight is 441 g/mol. The molecular formula is C22H28N6O4. The van der Waals surface area contributed by atoms with Crippen LogP contribution in [0.1, 0.15) is 56.1 Å². The van der Waals surface area contributed by atoms with Gasteiger partial charge in [-0.2, -0.15) is 0 Å². The highest BCUT2D eigenvalue weighted by atomic mass is 16.4. The average Bonchev–Trinajstić information content (AvgIpc) is 3.04. The van der Waals surface area contributed by atoms with Gasteiger partial charge in [-0.3, -0.25) is 24.4 Å². The number of nitrogens with two attached hydrogens (primary N) is 1. The summed E-state index contributed by atoms with van der Waals surface area (Å²) >= 11 is 0. The number of anilines is 1. The molecule has 0 radical (unpaired) electrons. The van der Waals surface area contributed by atoms with Crippen LogP contribution in [0.3, 0.4) is 0 Å². The molecule has 1 aromatic carbocycles. The third-order valence-corrected chi connectivity index (χ3v) is 5.63. The van der Waals surface area contributed by atoms with Crippen LogP contribution in [0.4, 0.5) is 5.69 Å². The molecule has 6 N–H and O–H groups in total. The van der Waals surface area contributed by atoms with Crippen LogP contribution in [0.25, 0.3) is 0 Å². The summed E-state index contributed by atoms with van der Waals surface area (Å²) in [6.45, 7) is 4.48. The zero-order valence-electron chi connectivity index (χ0n) is 18.1. The summed E-state index contributed by atoms with van der Waals surface area (Å²) in [5.41, 5.74) is 5.80. The Morgan fingerprint density at radius 1 is 1.34 bits per heavy atom. The fraction of sp³-hybridized carbons (Fsp3) is 0.409. The zero-order chi connectivity index (χ0) is 23.5. The number of nitrogen functional groups attached to an aromatic ring is 1. The quantitative estimate of drug-likeness (QED) is 0.290. The predicted octanol–water partition coefficient (Wildman–Crippen LogP) is 1.34. The Kier molecular flexibility index (Phi) is 6.61. The van der Waals surface area contributed by atoms with E-state index in [0.29, 0.717) is 17.9 Å². The topological polar surface area (TPSA) is 163 Å². The maximum absolute atomic E-state index is 13.1. The van der Waals surface area contributed by atoms with Gasteiger partial charge in [-0.05, 0) is 18.4 Å². The van der Waals surface area contributed by atoms with Gasteiger partial charge in [-0.25, -0.2) is 4.98 Å². The summed E-state index contributed by atoms with van der Waals surface area (Å²) in [6, 6.07) is 6.04. The maximum Gasteiger partial charge on any atom is 0.304 e. The molecule has 170 valence electrons. The molecule has 1 aliphatic heterocycles. The molecule has 3 rings (SSSR count). The lowest BCUT2D eigenvalue weighted by atomic mass is 9.83. The Morgan fingerprint density at radius 3 is 2.62 bits per heavy atom. The van der Waals surface area contributed by atoms with Crippen molar-refractivity contribution in [1.29, 1.82) is 5.41 Å². The molecule has 1 amide bonds. The lowest BCUT2D eigenvalue weighted by Crippen LogP contribution is -2.36. The van der Waals surface area contributed by atoms with Crippen LogP contribution < -0.4 is 21.9 Å². The number of hydrogen-bond acceptors (Lipinski definition) is 6. The summed E-state index contributed by atoms with van der Waals surface area (Å²) in [7, 11) is 0. The molecule has 1 aromatic heterocycles. The minimum Gasteiger partial charge on any atom is -0.481 e. The van der Waals surface area contributed by atoms with Gasteiger partial charge in [0.15, 0.2) is 0 Å². The van der Waals surface area contributed by atoms with E-state index in [4.69, 9.17) is 11.1 Å².